The van der Waals surface area contributed by atoms with Crippen LogP contribution in [0.4, 0.5) is 0 Å². The maximum Gasteiger partial charge on any atom is 0.124 e. The van der Waals surface area contributed by atoms with Crippen molar-refractivity contribution in [2.24, 2.45) is 0 Å². The summed E-state index contributed by atoms with van der Waals surface area (Å²) >= 11 is 1.78. The molecule has 0 N–H and O–H groups in total. The first-order chi connectivity index (χ1) is 9.84. The van der Waals surface area contributed by atoms with Crippen molar-refractivity contribution < 1.29 is 0 Å². The summed E-state index contributed by atoms with van der Waals surface area (Å²) in [5, 5.41) is 2.56. The summed E-state index contributed by atoms with van der Waals surface area (Å²) in [4.78, 5) is 5.61. The Kier molecular flexibility index (Phi) is 2.57. The van der Waals surface area contributed by atoms with E-state index in [4.69, 9.17) is 0 Å². The van der Waals surface area contributed by atoms with E-state index in [0.717, 1.165) is 4.83 Å². The molecule has 0 aliphatic carbocycles. The highest BCUT2D eigenvalue weighted by atomic mass is 32.1. The lowest BCUT2D eigenvalue weighted by Crippen LogP contribution is -1.82. The highest BCUT2D eigenvalue weighted by molar-refractivity contribution is 7.26. The molecular weight excluding hydrogens is 262 g/mol. The molecule has 0 saturated carbocycles. The van der Waals surface area contributed by atoms with Gasteiger partial charge in [-0.15, -0.1) is 11.3 Å². The van der Waals surface area contributed by atoms with E-state index in [1.807, 2.05) is 12.3 Å². The van der Waals surface area contributed by atoms with E-state index in [1.54, 1.807) is 11.3 Å². The highest BCUT2D eigenvalue weighted by Crippen LogP contribution is 2.39. The molecule has 0 radical (unpaired) electrons. The molecule has 2 aromatic carbocycles. The number of hydrogen-bond donors (Lipinski definition) is 0. The van der Waals surface area contributed by atoms with Crippen LogP contribution >= 0.6 is 11.3 Å². The van der Waals surface area contributed by atoms with Crippen molar-refractivity contribution in [3.8, 4) is 11.1 Å². The Balaban J connectivity index is 2.13. The molecule has 0 amide bonds. The minimum atomic E-state index is 1.11. The van der Waals surface area contributed by atoms with Gasteiger partial charge in [0, 0.05) is 21.7 Å². The summed E-state index contributed by atoms with van der Waals surface area (Å²) in [6, 6.07) is 19.3. The summed E-state index contributed by atoms with van der Waals surface area (Å²) in [6.07, 6.45) is 1.87. The van der Waals surface area contributed by atoms with Crippen LogP contribution in [0.5, 0.6) is 0 Å². The van der Waals surface area contributed by atoms with Crippen molar-refractivity contribution in [1.82, 2.24) is 4.98 Å². The number of thiophene rings is 1. The number of aryl methyl sites for hydroxylation is 1. The molecule has 0 atom stereocenters. The standard InChI is InChI=1S/C18H13NS/c1-12-6-2-3-7-13(12)14-8-4-9-15-16-10-5-11-19-18(16)20-17(14)15/h2-11H,1H3. The van der Waals surface area contributed by atoms with Gasteiger partial charge in [0.05, 0.1) is 0 Å². The minimum absolute atomic E-state index is 1.11. The lowest BCUT2D eigenvalue weighted by Gasteiger charge is -2.06. The lowest BCUT2D eigenvalue weighted by atomic mass is 9.99. The fourth-order valence-electron chi connectivity index (χ4n) is 2.72. The van der Waals surface area contributed by atoms with Crippen LogP contribution in [0.3, 0.4) is 0 Å². The molecule has 20 heavy (non-hydrogen) atoms. The number of fused-ring (bicyclic) bond motifs is 3. The Morgan fingerprint density at radius 2 is 1.60 bits per heavy atom. The van der Waals surface area contributed by atoms with Crippen LogP contribution in [-0.4, -0.2) is 4.98 Å². The number of rotatable bonds is 1. The quantitative estimate of drug-likeness (QED) is 0.451. The number of nitrogens with zero attached hydrogens (tertiary/aromatic N) is 1. The molecule has 0 bridgehead atoms. The average Bonchev–Trinajstić information content (AvgIpc) is 2.86. The van der Waals surface area contributed by atoms with E-state index >= 15 is 0 Å². The van der Waals surface area contributed by atoms with Crippen LogP contribution in [0.2, 0.25) is 0 Å². The molecule has 4 aromatic rings. The Hall–Kier alpha value is -2.19. The zero-order valence-corrected chi connectivity index (χ0v) is 11.9. The van der Waals surface area contributed by atoms with E-state index in [2.05, 4.69) is 60.4 Å². The third-order valence-electron chi connectivity index (χ3n) is 3.71. The second-order valence-corrected chi connectivity index (χ2v) is 5.95. The molecule has 1 nitrogen and oxygen atoms in total. The van der Waals surface area contributed by atoms with Crippen molar-refractivity contribution in [2.75, 3.05) is 0 Å². The summed E-state index contributed by atoms with van der Waals surface area (Å²) in [5.41, 5.74) is 3.93. The lowest BCUT2D eigenvalue weighted by molar-refractivity contribution is 1.45. The van der Waals surface area contributed by atoms with Crippen LogP contribution in [0.25, 0.3) is 31.4 Å². The van der Waals surface area contributed by atoms with Crippen LogP contribution in [0.1, 0.15) is 5.56 Å². The van der Waals surface area contributed by atoms with Gasteiger partial charge < -0.3 is 0 Å². The fraction of sp³-hybridized carbons (Fsp3) is 0.0556. The van der Waals surface area contributed by atoms with Gasteiger partial charge in [-0.1, -0.05) is 42.5 Å². The smallest absolute Gasteiger partial charge is 0.124 e. The zero-order valence-electron chi connectivity index (χ0n) is 11.1. The molecule has 0 fully saturated rings. The minimum Gasteiger partial charge on any atom is -0.245 e. The maximum absolute atomic E-state index is 4.49. The molecule has 0 aliphatic rings. The van der Waals surface area contributed by atoms with Crippen LogP contribution in [0, 0.1) is 6.92 Å². The normalized spacial score (nSPS) is 11.2. The van der Waals surface area contributed by atoms with Gasteiger partial charge in [0.15, 0.2) is 0 Å². The Morgan fingerprint density at radius 3 is 2.50 bits per heavy atom. The van der Waals surface area contributed by atoms with Crippen LogP contribution < -0.4 is 0 Å². The van der Waals surface area contributed by atoms with Gasteiger partial charge in [0.25, 0.3) is 0 Å². The molecule has 0 unspecified atom stereocenters. The van der Waals surface area contributed by atoms with E-state index in [0.29, 0.717) is 0 Å². The Bertz CT molecular complexity index is 921. The van der Waals surface area contributed by atoms with E-state index in [1.165, 1.54) is 32.2 Å². The summed E-state index contributed by atoms with van der Waals surface area (Å²) in [7, 11) is 0. The average molecular weight is 275 g/mol. The summed E-state index contributed by atoms with van der Waals surface area (Å²) in [6.45, 7) is 2.17. The molecule has 4 rings (SSSR count). The van der Waals surface area contributed by atoms with Crippen molar-refractivity contribution in [3.05, 3.63) is 66.4 Å². The van der Waals surface area contributed by atoms with Gasteiger partial charge >= 0.3 is 0 Å². The molecule has 0 saturated heterocycles. The third kappa shape index (κ3) is 1.65. The first-order valence-corrected chi connectivity index (χ1v) is 7.48. The van der Waals surface area contributed by atoms with Gasteiger partial charge in [-0.05, 0) is 35.7 Å². The number of hydrogen-bond acceptors (Lipinski definition) is 2. The summed E-state index contributed by atoms with van der Waals surface area (Å²) in [5.74, 6) is 0. The molecule has 0 spiro atoms. The molecule has 2 heteroatoms. The van der Waals surface area contributed by atoms with E-state index in [9.17, 15) is 0 Å². The highest BCUT2D eigenvalue weighted by Gasteiger charge is 2.11. The Morgan fingerprint density at radius 1 is 0.800 bits per heavy atom. The Labute approximate surface area is 121 Å². The van der Waals surface area contributed by atoms with Gasteiger partial charge in [-0.3, -0.25) is 0 Å². The maximum atomic E-state index is 4.49. The van der Waals surface area contributed by atoms with Crippen molar-refractivity contribution in [1.29, 1.82) is 0 Å². The monoisotopic (exact) mass is 275 g/mol. The van der Waals surface area contributed by atoms with Crippen molar-refractivity contribution >= 4 is 31.6 Å². The predicted octanol–water partition coefficient (Wildman–Crippen LogP) is 5.42. The van der Waals surface area contributed by atoms with Crippen LogP contribution in [0.15, 0.2) is 60.8 Å². The summed E-state index contributed by atoms with van der Waals surface area (Å²) < 4.78 is 1.33. The number of benzene rings is 2. The molecule has 96 valence electrons. The SMILES string of the molecule is Cc1ccccc1-c1cccc2c1sc1ncccc12. The van der Waals surface area contributed by atoms with Gasteiger partial charge in [-0.25, -0.2) is 4.98 Å². The van der Waals surface area contributed by atoms with Gasteiger partial charge in [0.1, 0.15) is 4.83 Å². The molecular formula is C18H13NS. The molecule has 2 aromatic heterocycles. The van der Waals surface area contributed by atoms with Gasteiger partial charge in [0.2, 0.25) is 0 Å². The topological polar surface area (TPSA) is 12.9 Å². The first-order valence-electron chi connectivity index (χ1n) is 6.67. The number of aromatic nitrogens is 1. The predicted molar refractivity (Wildman–Crippen MR) is 87.3 cm³/mol. The van der Waals surface area contributed by atoms with Crippen LogP contribution in [-0.2, 0) is 0 Å². The number of pyridine rings is 1. The second-order valence-electron chi connectivity index (χ2n) is 4.96. The fourth-order valence-corrected chi connectivity index (χ4v) is 3.89. The van der Waals surface area contributed by atoms with Gasteiger partial charge in [-0.2, -0.15) is 0 Å². The zero-order chi connectivity index (χ0) is 13.5. The first kappa shape index (κ1) is 11.6. The molecule has 2 heterocycles. The second kappa shape index (κ2) is 4.43. The third-order valence-corrected chi connectivity index (χ3v) is 4.87. The molecule has 0 aliphatic heterocycles. The van der Waals surface area contributed by atoms with Crippen molar-refractivity contribution in [2.45, 2.75) is 6.92 Å². The van der Waals surface area contributed by atoms with Crippen molar-refractivity contribution in [3.63, 3.8) is 0 Å². The largest absolute Gasteiger partial charge is 0.245 e. The van der Waals surface area contributed by atoms with E-state index in [-0.39, 0.29) is 0 Å². The van der Waals surface area contributed by atoms with E-state index < -0.39 is 0 Å².